The van der Waals surface area contributed by atoms with Gasteiger partial charge in [-0.2, -0.15) is 0 Å². The smallest absolute Gasteiger partial charge is 0.258 e. The average Bonchev–Trinajstić information content (AvgIpc) is 3.78. The summed E-state index contributed by atoms with van der Waals surface area (Å²) in [6.45, 7) is 7.73. The Morgan fingerprint density at radius 2 is 1.70 bits per heavy atom. The van der Waals surface area contributed by atoms with Crippen molar-refractivity contribution in [2.24, 2.45) is 17.4 Å². The zero-order valence-electron chi connectivity index (χ0n) is 26.3. The molecule has 4 N–H and O–H groups in total. The summed E-state index contributed by atoms with van der Waals surface area (Å²) in [7, 11) is 0. The van der Waals surface area contributed by atoms with E-state index in [0.29, 0.717) is 51.0 Å². The van der Waals surface area contributed by atoms with E-state index in [2.05, 4.69) is 21.2 Å². The maximum atomic E-state index is 13.5. The molecule has 238 valence electrons. The summed E-state index contributed by atoms with van der Waals surface area (Å²) >= 11 is 1.15. The first kappa shape index (κ1) is 32.6. The van der Waals surface area contributed by atoms with Crippen LogP contribution >= 0.6 is 11.3 Å². The van der Waals surface area contributed by atoms with Crippen molar-refractivity contribution < 1.29 is 18.4 Å². The molecule has 4 aromatic heterocycles. The molecular weight excluding hydrogens is 603 g/mol. The maximum Gasteiger partial charge on any atom is 0.258 e. The Labute approximate surface area is 271 Å². The van der Waals surface area contributed by atoms with Crippen LogP contribution in [0.3, 0.4) is 0 Å². The van der Waals surface area contributed by atoms with Gasteiger partial charge in [-0.3, -0.25) is 19.6 Å². The van der Waals surface area contributed by atoms with Gasteiger partial charge in [-0.15, -0.1) is 21.5 Å². The zero-order valence-corrected chi connectivity index (χ0v) is 27.2. The van der Waals surface area contributed by atoms with Crippen molar-refractivity contribution in [2.45, 2.75) is 65.7 Å². The molecule has 1 aromatic carbocycles. The lowest BCUT2D eigenvalue weighted by Gasteiger charge is -2.21. The number of hydrogen-bond donors (Lipinski definition) is 2. The van der Waals surface area contributed by atoms with Gasteiger partial charge < -0.3 is 15.9 Å². The molecule has 0 fully saturated rings. The van der Waals surface area contributed by atoms with Gasteiger partial charge in [-0.1, -0.05) is 39.0 Å². The first-order valence-corrected chi connectivity index (χ1v) is 16.1. The number of primary amides is 2. The highest BCUT2D eigenvalue weighted by atomic mass is 32.1. The van der Waals surface area contributed by atoms with Crippen molar-refractivity contribution in [2.75, 3.05) is 0 Å². The van der Waals surface area contributed by atoms with Crippen molar-refractivity contribution in [3.63, 3.8) is 0 Å². The molecule has 0 saturated heterocycles. The van der Waals surface area contributed by atoms with Gasteiger partial charge in [-0.05, 0) is 85.4 Å². The summed E-state index contributed by atoms with van der Waals surface area (Å²) in [5.74, 6) is -0.882. The molecule has 0 bridgehead atoms. The predicted molar refractivity (Wildman–Crippen MR) is 176 cm³/mol. The number of aryl methyl sites for hydroxylation is 3. The van der Waals surface area contributed by atoms with E-state index in [1.807, 2.05) is 33.0 Å². The fourth-order valence-corrected chi connectivity index (χ4v) is 6.60. The van der Waals surface area contributed by atoms with E-state index in [-0.39, 0.29) is 29.1 Å². The van der Waals surface area contributed by atoms with Gasteiger partial charge in [-0.25, -0.2) is 4.39 Å². The number of nitrogens with two attached hydrogens (primary N) is 2. The lowest BCUT2D eigenvalue weighted by Crippen LogP contribution is -2.20. The summed E-state index contributed by atoms with van der Waals surface area (Å²) < 4.78 is 19.4. The number of amides is 2. The minimum absolute atomic E-state index is 0.0560. The molecule has 6 rings (SSSR count). The lowest BCUT2D eigenvalue weighted by molar-refractivity contribution is 0.0993. The van der Waals surface area contributed by atoms with Crippen LogP contribution in [0.25, 0.3) is 21.9 Å². The molecular formula is C35H37FN6O3S. The summed E-state index contributed by atoms with van der Waals surface area (Å²) in [5.41, 5.74) is 17.5. The maximum absolute atomic E-state index is 13.5. The molecule has 2 amide bonds. The molecule has 4 heterocycles. The van der Waals surface area contributed by atoms with Crippen LogP contribution in [0.5, 0.6) is 0 Å². The van der Waals surface area contributed by atoms with Crippen LogP contribution in [-0.4, -0.2) is 32.0 Å². The summed E-state index contributed by atoms with van der Waals surface area (Å²) in [6.07, 6.45) is 6.55. The third-order valence-corrected chi connectivity index (χ3v) is 8.93. The molecule has 11 heteroatoms. The van der Waals surface area contributed by atoms with Crippen LogP contribution < -0.4 is 11.5 Å². The van der Waals surface area contributed by atoms with Gasteiger partial charge >= 0.3 is 0 Å². The lowest BCUT2D eigenvalue weighted by atomic mass is 9.88. The van der Waals surface area contributed by atoms with Crippen molar-refractivity contribution >= 4 is 23.2 Å². The summed E-state index contributed by atoms with van der Waals surface area (Å²) in [5, 5.41) is 8.23. The molecule has 0 spiro atoms. The number of fused-ring (bicyclic) bond motifs is 1. The second-order valence-electron chi connectivity index (χ2n) is 11.9. The zero-order chi connectivity index (χ0) is 33.0. The highest BCUT2D eigenvalue weighted by Gasteiger charge is 2.30. The van der Waals surface area contributed by atoms with Crippen LogP contribution in [0.2, 0.25) is 0 Å². The third kappa shape index (κ3) is 7.37. The number of halogens is 1. The number of hydrogen-bond acceptors (Lipinski definition) is 8. The van der Waals surface area contributed by atoms with E-state index in [1.165, 1.54) is 42.7 Å². The van der Waals surface area contributed by atoms with E-state index in [4.69, 9.17) is 20.9 Å². The Balaban J connectivity index is 0.000000393. The average molecular weight is 641 g/mol. The Morgan fingerprint density at radius 1 is 0.935 bits per heavy atom. The number of aromatic nitrogens is 4. The number of benzene rings is 1. The normalized spacial score (nSPS) is 12.8. The SMILES string of the molecule is Cc1nnc(-c2c(CC(C)c3ccc(F)cc3)nc(CC(C)C)c(C(N)=O)c2-c2ccc(C(N)=O)s2)o1.c1cnc2c(c1)CCC2. The van der Waals surface area contributed by atoms with Gasteiger partial charge in [0.15, 0.2) is 0 Å². The molecule has 1 unspecified atom stereocenters. The van der Waals surface area contributed by atoms with Crippen LogP contribution in [0.4, 0.5) is 4.39 Å². The first-order chi connectivity index (χ1) is 22.0. The van der Waals surface area contributed by atoms with Gasteiger partial charge in [0.25, 0.3) is 11.8 Å². The number of pyridine rings is 2. The predicted octanol–water partition coefficient (Wildman–Crippen LogP) is 6.62. The molecule has 5 aromatic rings. The molecule has 46 heavy (non-hydrogen) atoms. The van der Waals surface area contributed by atoms with Gasteiger partial charge in [0.1, 0.15) is 5.82 Å². The Hall–Kier alpha value is -4.77. The van der Waals surface area contributed by atoms with Gasteiger partial charge in [0.05, 0.1) is 27.4 Å². The highest BCUT2D eigenvalue weighted by molar-refractivity contribution is 7.17. The highest BCUT2D eigenvalue weighted by Crippen LogP contribution is 2.42. The summed E-state index contributed by atoms with van der Waals surface area (Å²) in [4.78, 5) is 34.9. The van der Waals surface area contributed by atoms with Gasteiger partial charge in [0, 0.05) is 29.3 Å². The molecule has 1 aliphatic carbocycles. The van der Waals surface area contributed by atoms with Crippen molar-refractivity contribution in [1.29, 1.82) is 0 Å². The van der Waals surface area contributed by atoms with Crippen molar-refractivity contribution in [1.82, 2.24) is 20.2 Å². The van der Waals surface area contributed by atoms with Crippen molar-refractivity contribution in [3.8, 4) is 21.9 Å². The minimum Gasteiger partial charge on any atom is -0.421 e. The second-order valence-corrected chi connectivity index (χ2v) is 13.0. The largest absolute Gasteiger partial charge is 0.421 e. The Kier molecular flexibility index (Phi) is 10.0. The molecule has 0 aliphatic heterocycles. The monoisotopic (exact) mass is 640 g/mol. The molecule has 0 radical (unpaired) electrons. The topological polar surface area (TPSA) is 151 Å². The quantitative estimate of drug-likeness (QED) is 0.184. The van der Waals surface area contributed by atoms with Crippen LogP contribution in [0, 0.1) is 18.7 Å². The number of rotatable bonds is 9. The van der Waals surface area contributed by atoms with Crippen LogP contribution in [-0.2, 0) is 25.7 Å². The third-order valence-electron chi connectivity index (χ3n) is 7.81. The van der Waals surface area contributed by atoms with E-state index in [9.17, 15) is 14.0 Å². The van der Waals surface area contributed by atoms with E-state index >= 15 is 0 Å². The molecule has 1 atom stereocenters. The van der Waals surface area contributed by atoms with Crippen molar-refractivity contribution in [3.05, 3.63) is 105 Å². The Morgan fingerprint density at radius 3 is 2.30 bits per heavy atom. The summed E-state index contributed by atoms with van der Waals surface area (Å²) in [6, 6.07) is 13.9. The first-order valence-electron chi connectivity index (χ1n) is 15.3. The number of carbonyl (C=O) groups excluding carboxylic acids is 2. The second kappa shape index (κ2) is 14.1. The standard InChI is InChI=1S/C27H28FN5O3S.C8H9N/c1-13(2)11-18-22(26(30)35)24(20-9-10-21(37-20)25(29)34)23(27-33-32-15(4)36-27)19(31-18)12-14(3)16-5-7-17(28)8-6-16;1-3-7-4-2-6-9-8(7)5-1/h5-10,13-14H,11-12H2,1-4H3,(H2,29,34)(H2,30,35);2,4,6H,1,3,5H2. The Bertz CT molecular complexity index is 1840. The van der Waals surface area contributed by atoms with Crippen LogP contribution in [0.15, 0.2) is 59.1 Å². The minimum atomic E-state index is -0.650. The number of nitrogens with zero attached hydrogens (tertiary/aromatic N) is 4. The fourth-order valence-electron chi connectivity index (χ4n) is 5.68. The number of thiophene rings is 1. The van der Waals surface area contributed by atoms with Crippen LogP contribution in [0.1, 0.15) is 87.2 Å². The number of carbonyl (C=O) groups is 2. The molecule has 1 aliphatic rings. The molecule has 0 saturated carbocycles. The van der Waals surface area contributed by atoms with E-state index in [0.717, 1.165) is 16.9 Å². The molecule has 9 nitrogen and oxygen atoms in total. The van der Waals surface area contributed by atoms with E-state index < -0.39 is 11.8 Å². The van der Waals surface area contributed by atoms with Gasteiger partial charge in [0.2, 0.25) is 11.8 Å². The van der Waals surface area contributed by atoms with E-state index in [1.54, 1.807) is 31.2 Å². The fraction of sp³-hybridized carbons (Fsp3) is 0.314.